The van der Waals surface area contributed by atoms with Crippen LogP contribution in [0.3, 0.4) is 0 Å². The quantitative estimate of drug-likeness (QED) is 0.122. The number of nitrogens with zero attached hydrogens (tertiary/aromatic N) is 2. The van der Waals surface area contributed by atoms with Crippen molar-refractivity contribution < 1.29 is 0 Å². The third kappa shape index (κ3) is 6.05. The van der Waals surface area contributed by atoms with Gasteiger partial charge in [0.2, 0.25) is 0 Å². The number of benzene rings is 5. The summed E-state index contributed by atoms with van der Waals surface area (Å²) in [6, 6.07) is 48.6. The van der Waals surface area contributed by atoms with Gasteiger partial charge in [-0.25, -0.2) is 0 Å². The average molecular weight is 873 g/mol. The fourth-order valence-electron chi connectivity index (χ4n) is 12.8. The molecule has 0 bridgehead atoms. The molecule has 2 heterocycles. The molecule has 5 atom stereocenters. The highest BCUT2D eigenvalue weighted by Gasteiger charge is 2.52. The number of hydrogen-bond donors (Lipinski definition) is 0. The Hall–Kier alpha value is -7.86. The molecule has 5 unspecified atom stereocenters. The minimum Gasteiger partial charge on any atom is -0.337 e. The lowest BCUT2D eigenvalue weighted by molar-refractivity contribution is 0.516. The van der Waals surface area contributed by atoms with Crippen molar-refractivity contribution >= 4 is 51.6 Å². The van der Waals surface area contributed by atoms with Crippen LogP contribution in [0.2, 0.25) is 0 Å². The Balaban J connectivity index is 0.956. The molecule has 0 aromatic heterocycles. The minimum atomic E-state index is -0.555. The van der Waals surface area contributed by atoms with Gasteiger partial charge in [0, 0.05) is 45.9 Å². The summed E-state index contributed by atoms with van der Waals surface area (Å²) in [7, 11) is 0. The van der Waals surface area contributed by atoms with E-state index < -0.39 is 5.41 Å². The summed E-state index contributed by atoms with van der Waals surface area (Å²) in [6.45, 7) is 6.72. The maximum atomic E-state index is 4.59. The van der Waals surface area contributed by atoms with E-state index in [4.69, 9.17) is 0 Å². The van der Waals surface area contributed by atoms with E-state index in [1.54, 1.807) is 0 Å². The van der Waals surface area contributed by atoms with Crippen LogP contribution in [0, 0.1) is 24.0 Å². The van der Waals surface area contributed by atoms with Gasteiger partial charge in [0.05, 0.1) is 11.5 Å². The van der Waals surface area contributed by atoms with E-state index in [0.29, 0.717) is 12.0 Å². The molecule has 0 saturated carbocycles. The number of allylic oxidation sites excluding steroid dienone is 13. The topological polar surface area (TPSA) is 6.48 Å². The maximum Gasteiger partial charge on any atom is 0.100 e. The first kappa shape index (κ1) is 40.4. The van der Waals surface area contributed by atoms with Gasteiger partial charge >= 0.3 is 0 Å². The van der Waals surface area contributed by atoms with Crippen LogP contribution in [0.5, 0.6) is 0 Å². The van der Waals surface area contributed by atoms with Gasteiger partial charge in [-0.2, -0.15) is 0 Å². The van der Waals surface area contributed by atoms with Crippen LogP contribution in [-0.4, -0.2) is 12.1 Å². The van der Waals surface area contributed by atoms with Crippen LogP contribution in [-0.2, 0) is 5.41 Å². The normalized spacial score (nSPS) is 23.7. The van der Waals surface area contributed by atoms with Crippen molar-refractivity contribution in [3.8, 4) is 11.1 Å². The summed E-state index contributed by atoms with van der Waals surface area (Å²) in [5.74, 6) is 0.603. The summed E-state index contributed by atoms with van der Waals surface area (Å²) in [5.41, 5.74) is 19.5. The molecule has 13 rings (SSSR count). The van der Waals surface area contributed by atoms with Gasteiger partial charge in [0.1, 0.15) is 5.69 Å². The molecule has 2 nitrogen and oxygen atoms in total. The average Bonchev–Trinajstić information content (AvgIpc) is 3.66. The number of rotatable bonds is 6. The molecule has 7 aliphatic rings. The molecular formula is C66H52N2. The second kappa shape index (κ2) is 16.2. The zero-order chi connectivity index (χ0) is 45.3. The lowest BCUT2D eigenvalue weighted by Gasteiger charge is -2.39. The molecule has 326 valence electrons. The van der Waals surface area contributed by atoms with Gasteiger partial charge in [0.25, 0.3) is 0 Å². The zero-order valence-corrected chi connectivity index (χ0v) is 38.4. The Bertz CT molecular complexity index is 3430. The Labute approximate surface area is 401 Å². The fourth-order valence-corrected chi connectivity index (χ4v) is 12.8. The standard InChI is InChI=1S/C66H52N2/c1-3-17-52-53-23-11-12-25-58(53)66(57(52)4-2)59-42-44(31-39-54(59)55-40-38-50(43-60(55)66)67-61-26-13-5-18-46(61)33-34-47-19-6-14-27-62(47)67)30-32-45-37-41-65(56-24-10-9-22-51(45)56)68-63-28-15-7-20-48(63)35-36-49-21-8-16-29-64(49)68/h3-13,17-26,30-43,46,48,61,63H,2,14-15,27-28H2,1H3/b17-3-,32-30+. The van der Waals surface area contributed by atoms with Crippen molar-refractivity contribution in [3.63, 3.8) is 0 Å². The van der Waals surface area contributed by atoms with E-state index in [1.807, 2.05) is 6.07 Å². The van der Waals surface area contributed by atoms with Gasteiger partial charge in [-0.05, 0) is 142 Å². The Morgan fingerprint density at radius 2 is 1.51 bits per heavy atom. The second-order valence-corrected chi connectivity index (χ2v) is 19.1. The number of anilines is 3. The van der Waals surface area contributed by atoms with Crippen molar-refractivity contribution in [1.29, 1.82) is 0 Å². The first-order valence-corrected chi connectivity index (χ1v) is 24.5. The zero-order valence-electron chi connectivity index (χ0n) is 38.4. The van der Waals surface area contributed by atoms with Crippen molar-refractivity contribution in [2.45, 2.75) is 50.1 Å². The van der Waals surface area contributed by atoms with Crippen LogP contribution >= 0.6 is 0 Å². The molecule has 0 fully saturated rings. The molecule has 0 amide bonds. The van der Waals surface area contributed by atoms with E-state index in [1.165, 1.54) is 94.6 Å². The molecule has 0 N–H and O–H groups in total. The summed E-state index contributed by atoms with van der Waals surface area (Å²) >= 11 is 0. The van der Waals surface area contributed by atoms with Crippen LogP contribution in [0.15, 0.2) is 218 Å². The van der Waals surface area contributed by atoms with Gasteiger partial charge in [-0.1, -0.05) is 189 Å². The van der Waals surface area contributed by atoms with Crippen molar-refractivity contribution in [2.75, 3.05) is 9.80 Å². The lowest BCUT2D eigenvalue weighted by Crippen LogP contribution is -2.38. The highest BCUT2D eigenvalue weighted by molar-refractivity contribution is 6.03. The number of fused-ring (bicyclic) bond motifs is 11. The summed E-state index contributed by atoms with van der Waals surface area (Å²) < 4.78 is 0. The van der Waals surface area contributed by atoms with Gasteiger partial charge < -0.3 is 9.80 Å². The smallest absolute Gasteiger partial charge is 0.100 e. The molecule has 5 aliphatic carbocycles. The third-order valence-electron chi connectivity index (χ3n) is 15.7. The first-order chi connectivity index (χ1) is 33.6. The Morgan fingerprint density at radius 3 is 2.43 bits per heavy atom. The summed E-state index contributed by atoms with van der Waals surface area (Å²) in [6.07, 6.45) is 43.4. The molecule has 0 saturated heterocycles. The van der Waals surface area contributed by atoms with Crippen molar-refractivity contribution in [1.82, 2.24) is 0 Å². The Kier molecular flexibility index (Phi) is 9.62. The van der Waals surface area contributed by atoms with Gasteiger partial charge in [-0.3, -0.25) is 0 Å². The monoisotopic (exact) mass is 872 g/mol. The molecule has 6 aromatic rings. The predicted molar refractivity (Wildman–Crippen MR) is 287 cm³/mol. The Morgan fingerprint density at radius 1 is 0.676 bits per heavy atom. The molecule has 6 aromatic carbocycles. The third-order valence-corrected chi connectivity index (χ3v) is 15.7. The predicted octanol–water partition coefficient (Wildman–Crippen LogP) is 16.0. The van der Waals surface area contributed by atoms with Crippen LogP contribution < -0.4 is 9.80 Å². The second-order valence-electron chi connectivity index (χ2n) is 19.1. The van der Waals surface area contributed by atoms with Crippen LogP contribution in [0.25, 0.3) is 45.7 Å². The van der Waals surface area contributed by atoms with Crippen LogP contribution in [0.4, 0.5) is 17.1 Å². The van der Waals surface area contributed by atoms with Gasteiger partial charge in [-0.15, -0.1) is 0 Å². The molecule has 1 spiro atoms. The van der Waals surface area contributed by atoms with E-state index in [9.17, 15) is 0 Å². The molecule has 2 aliphatic heterocycles. The molecular weight excluding hydrogens is 821 g/mol. The maximum absolute atomic E-state index is 4.59. The number of hydrogen-bond acceptors (Lipinski definition) is 2. The van der Waals surface area contributed by atoms with Crippen LogP contribution in [0.1, 0.15) is 71.6 Å². The van der Waals surface area contributed by atoms with Gasteiger partial charge in [0.15, 0.2) is 0 Å². The first-order valence-electron chi connectivity index (χ1n) is 24.5. The van der Waals surface area contributed by atoms with Crippen molar-refractivity contribution in [2.24, 2.45) is 11.8 Å². The van der Waals surface area contributed by atoms with Crippen molar-refractivity contribution in [3.05, 3.63) is 269 Å². The molecule has 68 heavy (non-hydrogen) atoms. The largest absolute Gasteiger partial charge is 0.337 e. The lowest BCUT2D eigenvalue weighted by atomic mass is 9.69. The minimum absolute atomic E-state index is 0.189. The highest BCUT2D eigenvalue weighted by atomic mass is 15.2. The SMILES string of the molecule is C=CC1=C(/C=C\C)c2ccccc2C12c1cc(/C=C/c3ccc(N4c5c#cccc5C=CC5C=CCCC54)c4ccccc34)ccc1-c1ccc(N3C4=C(C=CCC4)C=CC4C=CC=CC43)cc12. The fraction of sp³-hybridized carbons (Fsp3) is 0.152. The van der Waals surface area contributed by atoms with E-state index in [2.05, 4.69) is 242 Å². The summed E-state index contributed by atoms with van der Waals surface area (Å²) in [4.78, 5) is 5.21. The summed E-state index contributed by atoms with van der Waals surface area (Å²) in [5, 5.41) is 2.48. The molecule has 2 heteroatoms. The highest BCUT2D eigenvalue weighted by Crippen LogP contribution is 2.63. The van der Waals surface area contributed by atoms with E-state index >= 15 is 0 Å². The molecule has 0 radical (unpaired) electrons. The van der Waals surface area contributed by atoms with E-state index in [-0.39, 0.29) is 12.0 Å². The van der Waals surface area contributed by atoms with E-state index in [0.717, 1.165) is 31.4 Å².